The summed E-state index contributed by atoms with van der Waals surface area (Å²) >= 11 is 1.45. The maximum Gasteiger partial charge on any atom is 0.257 e. The number of nitrogens with one attached hydrogen (secondary N) is 1. The molecule has 1 N–H and O–H groups in total. The van der Waals surface area contributed by atoms with E-state index in [2.05, 4.69) is 10.3 Å². The van der Waals surface area contributed by atoms with Crippen LogP contribution in [0.15, 0.2) is 48.5 Å². The first-order valence-corrected chi connectivity index (χ1v) is 10.7. The summed E-state index contributed by atoms with van der Waals surface area (Å²) in [5.74, 6) is 1.33. The molecule has 4 rings (SSSR count). The second-order valence-electron chi connectivity index (χ2n) is 7.08. The van der Waals surface area contributed by atoms with Crippen LogP contribution in [-0.2, 0) is 4.74 Å². The second kappa shape index (κ2) is 9.28. The van der Waals surface area contributed by atoms with Crippen molar-refractivity contribution < 1.29 is 19.0 Å². The number of benzene rings is 2. The molecule has 0 aliphatic carbocycles. The second-order valence-corrected chi connectivity index (χ2v) is 8.28. The third kappa shape index (κ3) is 4.80. The molecule has 1 aliphatic rings. The predicted octanol–water partition coefficient (Wildman–Crippen LogP) is 4.94. The fourth-order valence-corrected chi connectivity index (χ4v) is 4.13. The first kappa shape index (κ1) is 20.4. The average Bonchev–Trinajstić information content (AvgIpc) is 3.42. The molecule has 2 heterocycles. The fraction of sp³-hybridized carbons (Fsp3) is 0.304. The van der Waals surface area contributed by atoms with Gasteiger partial charge in [0.15, 0.2) is 5.13 Å². The number of carbonyl (C=O) groups excluding carboxylic acids is 1. The zero-order valence-corrected chi connectivity index (χ0v) is 17.8. The van der Waals surface area contributed by atoms with E-state index in [0.717, 1.165) is 47.1 Å². The smallest absolute Gasteiger partial charge is 0.257 e. The fourth-order valence-electron chi connectivity index (χ4n) is 3.30. The Morgan fingerprint density at radius 2 is 1.90 bits per heavy atom. The average molecular weight is 425 g/mol. The van der Waals surface area contributed by atoms with Gasteiger partial charge in [0.25, 0.3) is 5.91 Å². The van der Waals surface area contributed by atoms with Crippen molar-refractivity contribution in [3.63, 3.8) is 0 Å². The number of hydrogen-bond acceptors (Lipinski definition) is 6. The molecular weight excluding hydrogens is 400 g/mol. The normalized spacial score (nSPS) is 15.7. The summed E-state index contributed by atoms with van der Waals surface area (Å²) in [6.45, 7) is 3.34. The summed E-state index contributed by atoms with van der Waals surface area (Å²) < 4.78 is 16.5. The minimum Gasteiger partial charge on any atom is -0.497 e. The molecular formula is C23H24N2O4S. The quantitative estimate of drug-likeness (QED) is 0.582. The van der Waals surface area contributed by atoms with E-state index in [1.54, 1.807) is 31.4 Å². The molecule has 1 amide bonds. The molecule has 6 nitrogen and oxygen atoms in total. The summed E-state index contributed by atoms with van der Waals surface area (Å²) in [6, 6.07) is 14.8. The van der Waals surface area contributed by atoms with Crippen molar-refractivity contribution >= 4 is 22.4 Å². The highest BCUT2D eigenvalue weighted by Crippen LogP contribution is 2.31. The Hall–Kier alpha value is -2.90. The highest BCUT2D eigenvalue weighted by Gasteiger charge is 2.16. The lowest BCUT2D eigenvalue weighted by molar-refractivity contribution is 0.0679. The van der Waals surface area contributed by atoms with E-state index in [1.807, 2.05) is 31.2 Å². The molecule has 1 saturated heterocycles. The Labute approximate surface area is 179 Å². The molecule has 1 aromatic heterocycles. The SMILES string of the molecule is COc1ccc(-c2nc(NC(=O)c3ccc(OC[C@@H]4CCCO4)cc3)sc2C)cc1. The lowest BCUT2D eigenvalue weighted by Gasteiger charge is -2.11. The van der Waals surface area contributed by atoms with Crippen LogP contribution in [0.2, 0.25) is 0 Å². The largest absolute Gasteiger partial charge is 0.497 e. The van der Waals surface area contributed by atoms with Crippen molar-refractivity contribution in [3.05, 3.63) is 59.0 Å². The van der Waals surface area contributed by atoms with Crippen LogP contribution < -0.4 is 14.8 Å². The van der Waals surface area contributed by atoms with Crippen molar-refractivity contribution in [2.24, 2.45) is 0 Å². The summed E-state index contributed by atoms with van der Waals surface area (Å²) in [4.78, 5) is 18.2. The summed E-state index contributed by atoms with van der Waals surface area (Å²) in [5.41, 5.74) is 2.40. The van der Waals surface area contributed by atoms with Gasteiger partial charge in [0.1, 0.15) is 18.1 Å². The van der Waals surface area contributed by atoms with Gasteiger partial charge in [-0.1, -0.05) is 0 Å². The summed E-state index contributed by atoms with van der Waals surface area (Å²) in [6.07, 6.45) is 2.29. The third-order valence-corrected chi connectivity index (χ3v) is 5.84. The van der Waals surface area contributed by atoms with Crippen molar-refractivity contribution in [1.29, 1.82) is 0 Å². The number of methoxy groups -OCH3 is 1. The number of rotatable bonds is 7. The van der Waals surface area contributed by atoms with Crippen LogP contribution in [0.3, 0.4) is 0 Å². The van der Waals surface area contributed by atoms with E-state index < -0.39 is 0 Å². The molecule has 1 atom stereocenters. The number of thiazole rings is 1. The van der Waals surface area contributed by atoms with Gasteiger partial charge in [-0.3, -0.25) is 10.1 Å². The van der Waals surface area contributed by atoms with Crippen LogP contribution >= 0.6 is 11.3 Å². The highest BCUT2D eigenvalue weighted by atomic mass is 32.1. The lowest BCUT2D eigenvalue weighted by Crippen LogP contribution is -2.16. The standard InChI is InChI=1S/C23H24N2O4S/c1-15-21(16-5-9-18(27-2)10-6-16)24-23(30-15)25-22(26)17-7-11-19(12-8-17)29-14-20-4-3-13-28-20/h5-12,20H,3-4,13-14H2,1-2H3,(H,24,25,26)/t20-/m0/s1. The van der Waals surface area contributed by atoms with Gasteiger partial charge in [-0.15, -0.1) is 11.3 Å². The number of ether oxygens (including phenoxy) is 3. The van der Waals surface area contributed by atoms with Gasteiger partial charge in [0.2, 0.25) is 0 Å². The van der Waals surface area contributed by atoms with Crippen LogP contribution in [0.4, 0.5) is 5.13 Å². The molecule has 1 fully saturated rings. The topological polar surface area (TPSA) is 69.7 Å². The van der Waals surface area contributed by atoms with E-state index in [0.29, 0.717) is 17.3 Å². The molecule has 2 aromatic carbocycles. The number of anilines is 1. The van der Waals surface area contributed by atoms with Crippen molar-refractivity contribution in [1.82, 2.24) is 4.98 Å². The van der Waals surface area contributed by atoms with Crippen LogP contribution in [-0.4, -0.2) is 37.3 Å². The first-order valence-electron chi connectivity index (χ1n) is 9.90. The molecule has 0 saturated carbocycles. The molecule has 1 aliphatic heterocycles. The van der Waals surface area contributed by atoms with Gasteiger partial charge in [-0.25, -0.2) is 4.98 Å². The molecule has 7 heteroatoms. The number of aryl methyl sites for hydroxylation is 1. The highest BCUT2D eigenvalue weighted by molar-refractivity contribution is 7.16. The van der Waals surface area contributed by atoms with E-state index in [9.17, 15) is 4.79 Å². The van der Waals surface area contributed by atoms with E-state index in [1.165, 1.54) is 11.3 Å². The number of hydrogen-bond donors (Lipinski definition) is 1. The molecule has 0 spiro atoms. The summed E-state index contributed by atoms with van der Waals surface area (Å²) in [5, 5.41) is 3.46. The van der Waals surface area contributed by atoms with Gasteiger partial charge >= 0.3 is 0 Å². The number of amides is 1. The predicted molar refractivity (Wildman–Crippen MR) is 118 cm³/mol. The summed E-state index contributed by atoms with van der Waals surface area (Å²) in [7, 11) is 1.64. The minimum atomic E-state index is -0.198. The third-order valence-electron chi connectivity index (χ3n) is 4.96. The van der Waals surface area contributed by atoms with E-state index in [-0.39, 0.29) is 12.0 Å². The van der Waals surface area contributed by atoms with Gasteiger partial charge < -0.3 is 14.2 Å². The molecule has 0 bridgehead atoms. The Kier molecular flexibility index (Phi) is 6.30. The van der Waals surface area contributed by atoms with Crippen LogP contribution in [0, 0.1) is 6.92 Å². The maximum atomic E-state index is 12.6. The van der Waals surface area contributed by atoms with Gasteiger partial charge in [0, 0.05) is 22.6 Å². The Morgan fingerprint density at radius 1 is 1.17 bits per heavy atom. The molecule has 0 unspecified atom stereocenters. The lowest BCUT2D eigenvalue weighted by atomic mass is 10.1. The van der Waals surface area contributed by atoms with Crippen molar-refractivity contribution in [2.75, 3.05) is 25.6 Å². The molecule has 156 valence electrons. The number of nitrogens with zero attached hydrogens (tertiary/aromatic N) is 1. The van der Waals surface area contributed by atoms with Gasteiger partial charge in [-0.05, 0) is 68.3 Å². The monoisotopic (exact) mass is 424 g/mol. The maximum absolute atomic E-state index is 12.6. The van der Waals surface area contributed by atoms with E-state index >= 15 is 0 Å². The Balaban J connectivity index is 1.38. The van der Waals surface area contributed by atoms with Crippen molar-refractivity contribution in [3.8, 4) is 22.8 Å². The van der Waals surface area contributed by atoms with Gasteiger partial charge in [-0.2, -0.15) is 0 Å². The van der Waals surface area contributed by atoms with Gasteiger partial charge in [0.05, 0.1) is 18.9 Å². The zero-order valence-electron chi connectivity index (χ0n) is 17.0. The minimum absolute atomic E-state index is 0.168. The Morgan fingerprint density at radius 3 is 2.57 bits per heavy atom. The zero-order chi connectivity index (χ0) is 20.9. The van der Waals surface area contributed by atoms with Crippen LogP contribution in [0.25, 0.3) is 11.3 Å². The van der Waals surface area contributed by atoms with E-state index in [4.69, 9.17) is 14.2 Å². The molecule has 30 heavy (non-hydrogen) atoms. The number of aromatic nitrogens is 1. The molecule has 3 aromatic rings. The molecule has 0 radical (unpaired) electrons. The Bertz CT molecular complexity index is 993. The van der Waals surface area contributed by atoms with Crippen LogP contribution in [0.5, 0.6) is 11.5 Å². The number of carbonyl (C=O) groups is 1. The van der Waals surface area contributed by atoms with Crippen LogP contribution in [0.1, 0.15) is 28.1 Å². The first-order chi connectivity index (χ1) is 14.6. The van der Waals surface area contributed by atoms with Crippen molar-refractivity contribution in [2.45, 2.75) is 25.9 Å².